The fraction of sp³-hybridized carbons (Fsp3) is 0.222. The summed E-state index contributed by atoms with van der Waals surface area (Å²) in [5.74, 6) is -0.968. The molecule has 0 atom stereocenters. The molecule has 7 heteroatoms. The van der Waals surface area contributed by atoms with Crippen molar-refractivity contribution in [2.24, 2.45) is 0 Å². The van der Waals surface area contributed by atoms with Gasteiger partial charge in [-0.2, -0.15) is 5.26 Å². The van der Waals surface area contributed by atoms with Crippen LogP contribution in [0.1, 0.15) is 28.0 Å². The van der Waals surface area contributed by atoms with Gasteiger partial charge in [0, 0.05) is 6.20 Å². The molecule has 16 heavy (non-hydrogen) atoms. The highest BCUT2D eigenvalue weighted by atomic mass is 19.3. The molecule has 1 aromatic heterocycles. The molecule has 2 N–H and O–H groups in total. The third-order valence-electron chi connectivity index (χ3n) is 1.88. The predicted octanol–water partition coefficient (Wildman–Crippen LogP) is 1.26. The Kier molecular flexibility index (Phi) is 3.35. The van der Waals surface area contributed by atoms with E-state index in [0.717, 1.165) is 13.3 Å². The van der Waals surface area contributed by atoms with Crippen LogP contribution in [0.25, 0.3) is 0 Å². The Bertz CT molecular complexity index is 469. The Morgan fingerprint density at radius 3 is 2.75 bits per heavy atom. The van der Waals surface area contributed by atoms with Crippen LogP contribution < -0.4 is 5.73 Å². The largest absolute Gasteiger partial charge is 0.465 e. The number of methoxy groups -OCH3 is 1. The van der Waals surface area contributed by atoms with E-state index in [1.54, 1.807) is 6.07 Å². The average molecular weight is 227 g/mol. The van der Waals surface area contributed by atoms with E-state index in [4.69, 9.17) is 11.0 Å². The minimum Gasteiger partial charge on any atom is -0.465 e. The molecule has 5 nitrogen and oxygen atoms in total. The second-order valence-electron chi connectivity index (χ2n) is 2.75. The Balaban J connectivity index is 3.48. The maximum atomic E-state index is 12.5. The number of pyridine rings is 1. The zero-order valence-electron chi connectivity index (χ0n) is 8.20. The van der Waals surface area contributed by atoms with E-state index in [0.29, 0.717) is 0 Å². The molecular formula is C9H7F2N3O2. The van der Waals surface area contributed by atoms with Crippen LogP contribution in [0, 0.1) is 11.3 Å². The van der Waals surface area contributed by atoms with Crippen molar-refractivity contribution in [3.8, 4) is 6.07 Å². The van der Waals surface area contributed by atoms with Crippen molar-refractivity contribution in [3.63, 3.8) is 0 Å². The van der Waals surface area contributed by atoms with Gasteiger partial charge in [-0.25, -0.2) is 18.6 Å². The fourth-order valence-corrected chi connectivity index (χ4v) is 1.11. The highest BCUT2D eigenvalue weighted by Crippen LogP contribution is 2.28. The van der Waals surface area contributed by atoms with Crippen LogP contribution >= 0.6 is 0 Å². The molecule has 0 aliphatic carbocycles. The van der Waals surface area contributed by atoms with Crippen molar-refractivity contribution in [3.05, 3.63) is 23.0 Å². The molecule has 0 aliphatic heterocycles. The molecule has 0 fully saturated rings. The molecule has 0 unspecified atom stereocenters. The molecule has 84 valence electrons. The number of anilines is 1. The molecule has 1 heterocycles. The quantitative estimate of drug-likeness (QED) is 0.768. The number of carbonyl (C=O) groups excluding carboxylic acids is 1. The van der Waals surface area contributed by atoms with Gasteiger partial charge in [0.15, 0.2) is 5.69 Å². The second kappa shape index (κ2) is 4.53. The number of carbonyl (C=O) groups is 1. The predicted molar refractivity (Wildman–Crippen MR) is 49.7 cm³/mol. The number of nitrogens with zero attached hydrogens (tertiary/aromatic N) is 2. The van der Waals surface area contributed by atoms with Crippen LogP contribution in [0.5, 0.6) is 0 Å². The number of nitriles is 1. The zero-order chi connectivity index (χ0) is 12.3. The van der Waals surface area contributed by atoms with Gasteiger partial charge in [0.25, 0.3) is 6.43 Å². The number of esters is 1. The molecule has 0 radical (unpaired) electrons. The van der Waals surface area contributed by atoms with Crippen molar-refractivity contribution >= 4 is 11.7 Å². The van der Waals surface area contributed by atoms with Crippen LogP contribution in [0.4, 0.5) is 14.5 Å². The number of hydrogen-bond donors (Lipinski definition) is 1. The molecule has 0 amide bonds. The number of halogens is 2. The van der Waals surface area contributed by atoms with Gasteiger partial charge in [-0.1, -0.05) is 0 Å². The third kappa shape index (κ3) is 1.91. The van der Waals surface area contributed by atoms with Gasteiger partial charge in [0.2, 0.25) is 0 Å². The number of rotatable bonds is 2. The lowest BCUT2D eigenvalue weighted by atomic mass is 10.1. The first kappa shape index (κ1) is 11.8. The lowest BCUT2D eigenvalue weighted by Gasteiger charge is -2.09. The van der Waals surface area contributed by atoms with Crippen LogP contribution in [-0.2, 0) is 4.74 Å². The van der Waals surface area contributed by atoms with Gasteiger partial charge in [-0.3, -0.25) is 0 Å². The highest BCUT2D eigenvalue weighted by Gasteiger charge is 2.23. The van der Waals surface area contributed by atoms with Gasteiger partial charge in [-0.05, 0) is 0 Å². The summed E-state index contributed by atoms with van der Waals surface area (Å²) in [4.78, 5) is 14.7. The monoisotopic (exact) mass is 227 g/mol. The van der Waals surface area contributed by atoms with Gasteiger partial charge in [0.05, 0.1) is 18.4 Å². The molecule has 0 saturated carbocycles. The van der Waals surface area contributed by atoms with E-state index in [1.165, 1.54) is 0 Å². The summed E-state index contributed by atoms with van der Waals surface area (Å²) < 4.78 is 29.3. The zero-order valence-corrected chi connectivity index (χ0v) is 8.20. The van der Waals surface area contributed by atoms with Gasteiger partial charge in [0.1, 0.15) is 11.6 Å². The lowest BCUT2D eigenvalue weighted by Crippen LogP contribution is -2.12. The smallest absolute Gasteiger partial charge is 0.342 e. The second-order valence-corrected chi connectivity index (χ2v) is 2.75. The van der Waals surface area contributed by atoms with Gasteiger partial charge < -0.3 is 10.5 Å². The molecule has 0 aromatic carbocycles. The topological polar surface area (TPSA) is 89.0 Å². The molecule has 1 rings (SSSR count). The van der Waals surface area contributed by atoms with E-state index < -0.39 is 29.2 Å². The Labute approximate surface area is 89.4 Å². The number of nitrogen functional groups attached to an aromatic ring is 1. The molecule has 0 spiro atoms. The van der Waals surface area contributed by atoms with Crippen molar-refractivity contribution in [2.45, 2.75) is 6.43 Å². The van der Waals surface area contributed by atoms with E-state index in [-0.39, 0.29) is 5.69 Å². The van der Waals surface area contributed by atoms with Crippen molar-refractivity contribution < 1.29 is 18.3 Å². The van der Waals surface area contributed by atoms with E-state index in [1.807, 2.05) is 0 Å². The molecular weight excluding hydrogens is 220 g/mol. The summed E-state index contributed by atoms with van der Waals surface area (Å²) >= 11 is 0. The number of hydrogen-bond acceptors (Lipinski definition) is 5. The molecule has 0 bridgehead atoms. The number of alkyl halides is 2. The number of aromatic nitrogens is 1. The van der Waals surface area contributed by atoms with Crippen LogP contribution in [-0.4, -0.2) is 18.1 Å². The summed E-state index contributed by atoms with van der Waals surface area (Å²) in [5, 5.41) is 8.65. The molecule has 0 saturated heterocycles. The van der Waals surface area contributed by atoms with Gasteiger partial charge in [-0.15, -0.1) is 0 Å². The summed E-state index contributed by atoms with van der Waals surface area (Å²) in [6.45, 7) is 0. The van der Waals surface area contributed by atoms with Crippen molar-refractivity contribution in [1.29, 1.82) is 5.26 Å². The van der Waals surface area contributed by atoms with E-state index in [2.05, 4.69) is 9.72 Å². The number of ether oxygens (including phenoxy) is 1. The maximum absolute atomic E-state index is 12.5. The normalized spacial score (nSPS) is 9.94. The first-order valence-electron chi connectivity index (χ1n) is 4.07. The first-order valence-corrected chi connectivity index (χ1v) is 4.07. The number of nitrogens with two attached hydrogens (primary N) is 1. The van der Waals surface area contributed by atoms with Crippen LogP contribution in [0.15, 0.2) is 6.20 Å². The van der Waals surface area contributed by atoms with Crippen molar-refractivity contribution in [2.75, 3.05) is 12.8 Å². The molecule has 0 aliphatic rings. The summed E-state index contributed by atoms with van der Waals surface area (Å²) in [6, 6.07) is 1.58. The first-order chi connectivity index (χ1) is 7.52. The van der Waals surface area contributed by atoms with Gasteiger partial charge >= 0.3 is 5.97 Å². The van der Waals surface area contributed by atoms with E-state index in [9.17, 15) is 13.6 Å². The fourth-order valence-electron chi connectivity index (χ4n) is 1.11. The molecule has 1 aromatic rings. The Hall–Kier alpha value is -2.23. The summed E-state index contributed by atoms with van der Waals surface area (Å²) in [6.07, 6.45) is -2.10. The lowest BCUT2D eigenvalue weighted by molar-refractivity contribution is 0.0600. The maximum Gasteiger partial charge on any atom is 0.342 e. The van der Waals surface area contributed by atoms with Crippen LogP contribution in [0.2, 0.25) is 0 Å². The minimum absolute atomic E-state index is 0.339. The third-order valence-corrected chi connectivity index (χ3v) is 1.88. The standard InChI is InChI=1S/C9H7F2N3O2/c1-16-9(15)6-5(2-12)14-3-4(7(6)13)8(10)11/h3,8H,1H3,(H2,13,14). The highest BCUT2D eigenvalue weighted by molar-refractivity contribution is 5.97. The minimum atomic E-state index is -2.87. The summed E-state index contributed by atoms with van der Waals surface area (Å²) in [7, 11) is 1.05. The van der Waals surface area contributed by atoms with Crippen molar-refractivity contribution in [1.82, 2.24) is 4.98 Å². The average Bonchev–Trinajstić information content (AvgIpc) is 2.26. The van der Waals surface area contributed by atoms with Crippen LogP contribution in [0.3, 0.4) is 0 Å². The van der Waals surface area contributed by atoms with E-state index >= 15 is 0 Å². The Morgan fingerprint density at radius 1 is 1.69 bits per heavy atom. The SMILES string of the molecule is COC(=O)c1c(C#N)ncc(C(F)F)c1N. The Morgan fingerprint density at radius 2 is 2.31 bits per heavy atom. The summed E-state index contributed by atoms with van der Waals surface area (Å²) in [5.41, 5.74) is 3.52.